The smallest absolute Gasteiger partial charge is 0.383 e. The number of methoxy groups -OCH3 is 1. The second-order valence-electron chi connectivity index (χ2n) is 5.33. The third-order valence-electron chi connectivity index (χ3n) is 3.35. The molecule has 2 N–H and O–H groups in total. The van der Waals surface area contributed by atoms with Crippen molar-refractivity contribution >= 4 is 5.91 Å². The van der Waals surface area contributed by atoms with E-state index in [2.05, 4.69) is 10.6 Å². The van der Waals surface area contributed by atoms with Gasteiger partial charge in [-0.15, -0.1) is 0 Å². The lowest BCUT2D eigenvalue weighted by molar-refractivity contribution is -0.137. The number of carbonyl (C=O) groups excluding carboxylic acids is 1. The van der Waals surface area contributed by atoms with Gasteiger partial charge < -0.3 is 15.4 Å². The summed E-state index contributed by atoms with van der Waals surface area (Å²) in [6.07, 6.45) is -3.93. The Hall–Kier alpha value is -1.60. The van der Waals surface area contributed by atoms with Crippen molar-refractivity contribution < 1.29 is 22.7 Å². The van der Waals surface area contributed by atoms with Crippen LogP contribution in [0.2, 0.25) is 0 Å². The van der Waals surface area contributed by atoms with Crippen molar-refractivity contribution in [1.29, 1.82) is 0 Å². The number of alkyl halides is 3. The van der Waals surface area contributed by atoms with Crippen LogP contribution in [0.3, 0.4) is 0 Å². The van der Waals surface area contributed by atoms with E-state index in [9.17, 15) is 18.0 Å². The summed E-state index contributed by atoms with van der Waals surface area (Å²) in [5, 5.41) is 5.90. The van der Waals surface area contributed by atoms with E-state index in [1.165, 1.54) is 12.1 Å². The van der Waals surface area contributed by atoms with Crippen LogP contribution in [0.15, 0.2) is 24.3 Å². The summed E-state index contributed by atoms with van der Waals surface area (Å²) in [6.45, 7) is 4.22. The van der Waals surface area contributed by atoms with E-state index in [0.717, 1.165) is 12.1 Å². The fourth-order valence-electron chi connectivity index (χ4n) is 2.02. The number of carbonyl (C=O) groups is 1. The maximum Gasteiger partial charge on any atom is 0.416 e. The Kier molecular flexibility index (Phi) is 8.05. The highest BCUT2D eigenvalue weighted by Gasteiger charge is 2.30. The predicted octanol–water partition coefficient (Wildman–Crippen LogP) is 2.24. The second kappa shape index (κ2) is 9.52. The molecule has 0 aliphatic rings. The third-order valence-corrected chi connectivity index (χ3v) is 3.35. The van der Waals surface area contributed by atoms with Crippen LogP contribution in [-0.2, 0) is 22.1 Å². The van der Waals surface area contributed by atoms with Gasteiger partial charge in [-0.3, -0.25) is 4.79 Å². The lowest BCUT2D eigenvalue weighted by Gasteiger charge is -2.13. The molecule has 0 aliphatic carbocycles. The summed E-state index contributed by atoms with van der Waals surface area (Å²) in [5.41, 5.74) is 0.0272. The van der Waals surface area contributed by atoms with Crippen LogP contribution in [0, 0.1) is 5.92 Å². The Labute approximate surface area is 134 Å². The highest BCUT2D eigenvalue weighted by Crippen LogP contribution is 2.29. The van der Waals surface area contributed by atoms with Gasteiger partial charge in [0.15, 0.2) is 0 Å². The van der Waals surface area contributed by atoms with E-state index in [1.54, 1.807) is 14.0 Å². The molecule has 23 heavy (non-hydrogen) atoms. The first-order valence-electron chi connectivity index (χ1n) is 7.48. The van der Waals surface area contributed by atoms with E-state index in [4.69, 9.17) is 4.74 Å². The van der Waals surface area contributed by atoms with Gasteiger partial charge in [-0.1, -0.05) is 19.1 Å². The maximum atomic E-state index is 12.5. The molecular weight excluding hydrogens is 309 g/mol. The fraction of sp³-hybridized carbons (Fsp3) is 0.562. The lowest BCUT2D eigenvalue weighted by Crippen LogP contribution is -2.36. The molecule has 0 bridgehead atoms. The molecule has 0 saturated heterocycles. The molecule has 4 nitrogen and oxygen atoms in total. The molecule has 1 rings (SSSR count). The van der Waals surface area contributed by atoms with E-state index in [0.29, 0.717) is 38.2 Å². The van der Waals surface area contributed by atoms with Crippen LogP contribution < -0.4 is 10.6 Å². The van der Waals surface area contributed by atoms with Gasteiger partial charge in [-0.25, -0.2) is 0 Å². The van der Waals surface area contributed by atoms with Crippen molar-refractivity contribution in [3.8, 4) is 0 Å². The van der Waals surface area contributed by atoms with Crippen molar-refractivity contribution in [2.24, 2.45) is 5.92 Å². The molecule has 1 atom stereocenters. The Morgan fingerprint density at radius 1 is 1.17 bits per heavy atom. The zero-order valence-corrected chi connectivity index (χ0v) is 13.4. The van der Waals surface area contributed by atoms with Crippen LogP contribution >= 0.6 is 0 Å². The summed E-state index contributed by atoms with van der Waals surface area (Å²) in [4.78, 5) is 11.9. The zero-order valence-electron chi connectivity index (χ0n) is 13.4. The molecule has 0 aliphatic heterocycles. The van der Waals surface area contributed by atoms with Crippen LogP contribution in [0.1, 0.15) is 18.1 Å². The number of ether oxygens (including phenoxy) is 1. The molecule has 0 aromatic heterocycles. The third kappa shape index (κ3) is 7.47. The molecule has 1 aromatic carbocycles. The van der Waals surface area contributed by atoms with Crippen LogP contribution in [0.4, 0.5) is 13.2 Å². The zero-order chi connectivity index (χ0) is 17.3. The number of benzene rings is 1. The number of rotatable bonds is 9. The summed E-state index contributed by atoms with van der Waals surface area (Å²) >= 11 is 0. The average Bonchev–Trinajstić information content (AvgIpc) is 2.50. The number of halogens is 3. The van der Waals surface area contributed by atoms with Gasteiger partial charge in [0.1, 0.15) is 0 Å². The van der Waals surface area contributed by atoms with E-state index in [1.807, 2.05) is 0 Å². The lowest BCUT2D eigenvalue weighted by atomic mass is 9.99. The standard InChI is InChI=1S/C16H23F3N2O2/c1-12(15(22)21-8-7-20-9-10-23-2)11-13-3-5-14(6-4-13)16(17,18)19/h3-6,12,20H,7-11H2,1-2H3,(H,21,22). The highest BCUT2D eigenvalue weighted by molar-refractivity contribution is 5.78. The van der Waals surface area contributed by atoms with Crippen molar-refractivity contribution in [2.45, 2.75) is 19.5 Å². The first kappa shape index (κ1) is 19.4. The van der Waals surface area contributed by atoms with Gasteiger partial charge in [0.05, 0.1) is 12.2 Å². The van der Waals surface area contributed by atoms with Crippen LogP contribution in [0.5, 0.6) is 0 Å². The van der Waals surface area contributed by atoms with Crippen molar-refractivity contribution in [3.63, 3.8) is 0 Å². The maximum absolute atomic E-state index is 12.5. The topological polar surface area (TPSA) is 50.4 Å². The van der Waals surface area contributed by atoms with Crippen molar-refractivity contribution in [3.05, 3.63) is 35.4 Å². The SMILES string of the molecule is COCCNCCNC(=O)C(C)Cc1ccc(C(F)(F)F)cc1. The first-order valence-corrected chi connectivity index (χ1v) is 7.48. The van der Waals surface area contributed by atoms with Crippen molar-refractivity contribution in [2.75, 3.05) is 33.4 Å². The van der Waals surface area contributed by atoms with Gasteiger partial charge in [0.2, 0.25) is 5.91 Å². The molecule has 1 amide bonds. The molecular formula is C16H23F3N2O2. The Balaban J connectivity index is 2.34. The highest BCUT2D eigenvalue weighted by atomic mass is 19.4. The minimum absolute atomic E-state index is 0.113. The average molecular weight is 332 g/mol. The number of nitrogens with one attached hydrogen (secondary N) is 2. The summed E-state index contributed by atoms with van der Waals surface area (Å²) < 4.78 is 42.3. The molecule has 0 saturated carbocycles. The minimum Gasteiger partial charge on any atom is -0.383 e. The molecule has 0 fully saturated rings. The van der Waals surface area contributed by atoms with Gasteiger partial charge in [-0.2, -0.15) is 13.2 Å². The van der Waals surface area contributed by atoms with Crippen LogP contribution in [-0.4, -0.2) is 39.3 Å². The van der Waals surface area contributed by atoms with Gasteiger partial charge in [0, 0.05) is 32.7 Å². The Morgan fingerprint density at radius 2 is 1.83 bits per heavy atom. The predicted molar refractivity (Wildman–Crippen MR) is 82.1 cm³/mol. The quantitative estimate of drug-likeness (QED) is 0.682. The molecule has 1 aromatic rings. The molecule has 1 unspecified atom stereocenters. The van der Waals surface area contributed by atoms with Gasteiger partial charge in [-0.05, 0) is 24.1 Å². The fourth-order valence-corrected chi connectivity index (χ4v) is 2.02. The van der Waals surface area contributed by atoms with E-state index < -0.39 is 11.7 Å². The number of hydrogen-bond acceptors (Lipinski definition) is 3. The van der Waals surface area contributed by atoms with Crippen molar-refractivity contribution in [1.82, 2.24) is 10.6 Å². The number of hydrogen-bond donors (Lipinski definition) is 2. The molecule has 0 spiro atoms. The second-order valence-corrected chi connectivity index (χ2v) is 5.33. The van der Waals surface area contributed by atoms with Gasteiger partial charge in [0.25, 0.3) is 0 Å². The first-order chi connectivity index (χ1) is 10.8. The molecule has 7 heteroatoms. The van der Waals surface area contributed by atoms with Gasteiger partial charge >= 0.3 is 6.18 Å². The number of amides is 1. The Morgan fingerprint density at radius 3 is 2.39 bits per heavy atom. The monoisotopic (exact) mass is 332 g/mol. The minimum atomic E-state index is -4.34. The van der Waals surface area contributed by atoms with E-state index >= 15 is 0 Å². The van der Waals surface area contributed by atoms with E-state index in [-0.39, 0.29) is 11.8 Å². The summed E-state index contributed by atoms with van der Waals surface area (Å²) in [5.74, 6) is -0.413. The van der Waals surface area contributed by atoms with Crippen LogP contribution in [0.25, 0.3) is 0 Å². The largest absolute Gasteiger partial charge is 0.416 e. The normalized spacial score (nSPS) is 12.9. The summed E-state index contributed by atoms with van der Waals surface area (Å²) in [6, 6.07) is 4.91. The molecule has 0 radical (unpaired) electrons. The molecule has 130 valence electrons. The molecule has 0 heterocycles. The Bertz CT molecular complexity index is 475. The summed E-state index contributed by atoms with van der Waals surface area (Å²) in [7, 11) is 1.62.